The molecule has 2 fully saturated rings. The van der Waals surface area contributed by atoms with Crippen molar-refractivity contribution >= 4 is 5.78 Å². The summed E-state index contributed by atoms with van der Waals surface area (Å²) >= 11 is 0. The zero-order valence-corrected chi connectivity index (χ0v) is 6.86. The third kappa shape index (κ3) is 0.899. The number of aliphatic hydroxyl groups excluding tert-OH is 1. The van der Waals surface area contributed by atoms with Gasteiger partial charge in [0.05, 0.1) is 6.10 Å². The van der Waals surface area contributed by atoms with Crippen LogP contribution in [0.5, 0.6) is 0 Å². The molecule has 0 aromatic heterocycles. The third-order valence-electron chi connectivity index (χ3n) is 3.21. The molecule has 4 atom stereocenters. The van der Waals surface area contributed by atoms with Crippen LogP contribution in [0.3, 0.4) is 0 Å². The second kappa shape index (κ2) is 2.60. The molecule has 2 saturated carbocycles. The fourth-order valence-corrected chi connectivity index (χ4v) is 2.41. The van der Waals surface area contributed by atoms with Crippen LogP contribution in [0.15, 0.2) is 0 Å². The average Bonchev–Trinajstić information content (AvgIpc) is 2.03. The van der Waals surface area contributed by atoms with E-state index in [1.165, 1.54) is 0 Å². The van der Waals surface area contributed by atoms with Gasteiger partial charge in [-0.1, -0.05) is 0 Å². The van der Waals surface area contributed by atoms with Crippen LogP contribution in [0, 0.1) is 30.1 Å². The van der Waals surface area contributed by atoms with Crippen LogP contribution >= 0.6 is 0 Å². The van der Waals surface area contributed by atoms with Crippen LogP contribution in [0.1, 0.15) is 19.3 Å². The van der Waals surface area contributed by atoms with Crippen molar-refractivity contribution in [2.24, 2.45) is 17.8 Å². The highest BCUT2D eigenvalue weighted by molar-refractivity contribution is 5.87. The molecule has 2 aliphatic carbocycles. The Kier molecular flexibility index (Phi) is 1.69. The van der Waals surface area contributed by atoms with E-state index in [2.05, 4.69) is 5.92 Å². The molecule has 0 spiro atoms. The van der Waals surface area contributed by atoms with Gasteiger partial charge in [-0.05, 0) is 18.8 Å². The van der Waals surface area contributed by atoms with Crippen molar-refractivity contribution in [3.8, 4) is 12.3 Å². The fraction of sp³-hybridized carbons (Fsp3) is 0.700. The van der Waals surface area contributed by atoms with E-state index in [0.29, 0.717) is 18.6 Å². The summed E-state index contributed by atoms with van der Waals surface area (Å²) in [7, 11) is 0. The first-order valence-corrected chi connectivity index (χ1v) is 4.41. The lowest BCUT2D eigenvalue weighted by Crippen LogP contribution is -2.48. The van der Waals surface area contributed by atoms with E-state index in [-0.39, 0.29) is 23.9 Å². The first kappa shape index (κ1) is 7.82. The molecule has 0 saturated heterocycles. The van der Waals surface area contributed by atoms with Gasteiger partial charge in [0, 0.05) is 18.3 Å². The number of hydrogen-bond acceptors (Lipinski definition) is 2. The minimum absolute atomic E-state index is 0.0681. The van der Waals surface area contributed by atoms with Gasteiger partial charge in [0.2, 0.25) is 0 Å². The first-order valence-electron chi connectivity index (χ1n) is 4.41. The Labute approximate surface area is 72.0 Å². The van der Waals surface area contributed by atoms with E-state index in [4.69, 9.17) is 6.42 Å². The van der Waals surface area contributed by atoms with Crippen molar-refractivity contribution in [3.63, 3.8) is 0 Å². The monoisotopic (exact) mass is 164 g/mol. The highest BCUT2D eigenvalue weighted by Gasteiger charge is 2.48. The molecule has 2 rings (SSSR count). The lowest BCUT2D eigenvalue weighted by molar-refractivity contribution is -0.141. The van der Waals surface area contributed by atoms with Gasteiger partial charge in [-0.25, -0.2) is 0 Å². The van der Waals surface area contributed by atoms with Crippen LogP contribution in [0.4, 0.5) is 0 Å². The number of carbonyl (C=O) groups excluding carboxylic acids is 1. The molecule has 0 aliphatic heterocycles. The molecule has 0 bridgehead atoms. The van der Waals surface area contributed by atoms with Gasteiger partial charge in [0.25, 0.3) is 0 Å². The molecule has 0 radical (unpaired) electrons. The van der Waals surface area contributed by atoms with E-state index in [1.807, 2.05) is 0 Å². The normalized spacial score (nSPS) is 45.8. The number of rotatable bonds is 0. The van der Waals surface area contributed by atoms with Gasteiger partial charge < -0.3 is 5.11 Å². The number of carbonyl (C=O) groups is 1. The molecule has 0 unspecified atom stereocenters. The maximum Gasteiger partial charge on any atom is 0.136 e. The molecule has 0 aromatic carbocycles. The lowest BCUT2D eigenvalue weighted by atomic mass is 9.59. The first-order chi connectivity index (χ1) is 5.74. The quantitative estimate of drug-likeness (QED) is 0.532. The van der Waals surface area contributed by atoms with Gasteiger partial charge in [0.15, 0.2) is 0 Å². The second-order valence-electron chi connectivity index (χ2n) is 3.78. The standard InChI is InChI=1S/C10H12O2/c1-2-6-8-5-10(12)7(8)3-4-9(6)11/h1,6-9,11H,3-5H2/t6-,7+,8-,9-/m0/s1. The summed E-state index contributed by atoms with van der Waals surface area (Å²) in [6.45, 7) is 0. The second-order valence-corrected chi connectivity index (χ2v) is 3.78. The Morgan fingerprint density at radius 1 is 1.50 bits per heavy atom. The van der Waals surface area contributed by atoms with Crippen molar-refractivity contribution < 1.29 is 9.90 Å². The fourth-order valence-electron chi connectivity index (χ4n) is 2.41. The number of terminal acetylenes is 1. The predicted molar refractivity (Wildman–Crippen MR) is 44.2 cm³/mol. The number of hydrogen-bond donors (Lipinski definition) is 1. The van der Waals surface area contributed by atoms with E-state index >= 15 is 0 Å². The van der Waals surface area contributed by atoms with Crippen LogP contribution in [0.25, 0.3) is 0 Å². The van der Waals surface area contributed by atoms with Crippen molar-refractivity contribution in [2.75, 3.05) is 0 Å². The van der Waals surface area contributed by atoms with Crippen molar-refractivity contribution in [3.05, 3.63) is 0 Å². The van der Waals surface area contributed by atoms with Gasteiger partial charge >= 0.3 is 0 Å². The molecule has 0 heterocycles. The molecule has 0 amide bonds. The Morgan fingerprint density at radius 3 is 2.83 bits per heavy atom. The smallest absolute Gasteiger partial charge is 0.136 e. The van der Waals surface area contributed by atoms with Crippen molar-refractivity contribution in [1.82, 2.24) is 0 Å². The Balaban J connectivity index is 2.13. The molecular weight excluding hydrogens is 152 g/mol. The number of ketones is 1. The zero-order chi connectivity index (χ0) is 8.72. The van der Waals surface area contributed by atoms with Gasteiger partial charge in [-0.2, -0.15) is 0 Å². The van der Waals surface area contributed by atoms with Crippen molar-refractivity contribution in [2.45, 2.75) is 25.4 Å². The maximum absolute atomic E-state index is 11.1. The molecule has 1 N–H and O–H groups in total. The Morgan fingerprint density at radius 2 is 2.25 bits per heavy atom. The largest absolute Gasteiger partial charge is 0.392 e. The molecule has 2 heteroatoms. The van der Waals surface area contributed by atoms with Crippen LogP contribution in [-0.4, -0.2) is 17.0 Å². The summed E-state index contributed by atoms with van der Waals surface area (Å²) in [5.41, 5.74) is 0. The summed E-state index contributed by atoms with van der Waals surface area (Å²) in [4.78, 5) is 11.1. The van der Waals surface area contributed by atoms with Crippen molar-refractivity contribution in [1.29, 1.82) is 0 Å². The summed E-state index contributed by atoms with van der Waals surface area (Å²) < 4.78 is 0. The molecule has 0 aromatic rings. The highest BCUT2D eigenvalue weighted by atomic mass is 16.3. The van der Waals surface area contributed by atoms with Crippen LogP contribution in [-0.2, 0) is 4.79 Å². The van der Waals surface area contributed by atoms with Crippen LogP contribution < -0.4 is 0 Å². The number of aliphatic hydroxyl groups is 1. The Hall–Kier alpha value is -0.810. The predicted octanol–water partition coefficient (Wildman–Crippen LogP) is 0.596. The SMILES string of the molecule is C#C[C@H]1[C@@H]2CC(=O)[C@@H]2CC[C@@H]1O. The zero-order valence-electron chi connectivity index (χ0n) is 6.86. The highest BCUT2D eigenvalue weighted by Crippen LogP contribution is 2.45. The topological polar surface area (TPSA) is 37.3 Å². The van der Waals surface area contributed by atoms with Gasteiger partial charge in [-0.3, -0.25) is 4.79 Å². The van der Waals surface area contributed by atoms with Crippen LogP contribution in [0.2, 0.25) is 0 Å². The van der Waals surface area contributed by atoms with Gasteiger partial charge in [0.1, 0.15) is 5.78 Å². The number of Topliss-reactive ketones (excluding diaryl/α,β-unsaturated/α-hetero) is 1. The summed E-state index contributed by atoms with van der Waals surface area (Å²) in [6.07, 6.45) is 7.06. The summed E-state index contributed by atoms with van der Waals surface area (Å²) in [6, 6.07) is 0. The van der Waals surface area contributed by atoms with E-state index in [1.54, 1.807) is 0 Å². The Bertz CT molecular complexity index is 251. The van der Waals surface area contributed by atoms with E-state index < -0.39 is 0 Å². The molecule has 2 nitrogen and oxygen atoms in total. The molecule has 64 valence electrons. The lowest BCUT2D eigenvalue weighted by Gasteiger charge is -2.44. The van der Waals surface area contributed by atoms with Gasteiger partial charge in [-0.15, -0.1) is 12.3 Å². The molecule has 2 aliphatic rings. The number of fused-ring (bicyclic) bond motifs is 1. The van der Waals surface area contributed by atoms with E-state index in [0.717, 1.165) is 6.42 Å². The minimum atomic E-state index is -0.371. The van der Waals surface area contributed by atoms with E-state index in [9.17, 15) is 9.90 Å². The molecule has 12 heavy (non-hydrogen) atoms. The summed E-state index contributed by atoms with van der Waals surface area (Å²) in [5, 5.41) is 9.52. The average molecular weight is 164 g/mol. The minimum Gasteiger partial charge on any atom is -0.392 e. The maximum atomic E-state index is 11.1. The summed E-state index contributed by atoms with van der Waals surface area (Å²) in [5.74, 6) is 3.33. The molecular formula is C10H12O2. The third-order valence-corrected chi connectivity index (χ3v) is 3.21.